The van der Waals surface area contributed by atoms with E-state index in [0.29, 0.717) is 5.75 Å². The second-order valence-corrected chi connectivity index (χ2v) is 8.36. The van der Waals surface area contributed by atoms with Gasteiger partial charge in [-0.25, -0.2) is 4.57 Å². The van der Waals surface area contributed by atoms with Gasteiger partial charge in [-0.05, 0) is 0 Å². The standard InChI is InChI=1S/C13H26N3O8PS/c1-13(2,8-24-25(21,22)23)11(19)12(20)16-4-3-9(17)15-5-6-26-10(18)7-14/h11,19H,3-8,14H2,1-2H3,(H,15,17)(H,16,20)(H2,21,22,23)/t11-/m1/s1. The average molecular weight is 415 g/mol. The smallest absolute Gasteiger partial charge is 0.383 e. The summed E-state index contributed by atoms with van der Waals surface area (Å²) in [5, 5.41) is 14.7. The van der Waals surface area contributed by atoms with Crippen LogP contribution in [0.1, 0.15) is 20.3 Å². The lowest BCUT2D eigenvalue weighted by Crippen LogP contribution is -2.46. The van der Waals surface area contributed by atoms with Crippen molar-refractivity contribution in [2.45, 2.75) is 26.4 Å². The van der Waals surface area contributed by atoms with E-state index in [4.69, 9.17) is 15.5 Å². The molecule has 0 aliphatic rings. The zero-order chi connectivity index (χ0) is 20.4. The van der Waals surface area contributed by atoms with Crippen molar-refractivity contribution >= 4 is 36.5 Å². The van der Waals surface area contributed by atoms with Crippen molar-refractivity contribution in [3.05, 3.63) is 0 Å². The van der Waals surface area contributed by atoms with E-state index in [2.05, 4.69) is 15.2 Å². The molecule has 0 unspecified atom stereocenters. The number of nitrogens with one attached hydrogen (secondary N) is 2. The van der Waals surface area contributed by atoms with E-state index >= 15 is 0 Å². The molecule has 0 saturated heterocycles. The van der Waals surface area contributed by atoms with E-state index in [-0.39, 0.29) is 37.1 Å². The van der Waals surface area contributed by atoms with Gasteiger partial charge in [0.05, 0.1) is 13.2 Å². The summed E-state index contributed by atoms with van der Waals surface area (Å²) < 4.78 is 15.0. The fraction of sp³-hybridized carbons (Fsp3) is 0.769. The highest BCUT2D eigenvalue weighted by Gasteiger charge is 2.35. The number of aliphatic hydroxyl groups excluding tert-OH is 1. The quantitative estimate of drug-likeness (QED) is 0.159. The summed E-state index contributed by atoms with van der Waals surface area (Å²) in [5.41, 5.74) is 3.89. The van der Waals surface area contributed by atoms with E-state index in [0.717, 1.165) is 11.8 Å². The Balaban J connectivity index is 4.10. The Hall–Kier alpha value is -1.01. The van der Waals surface area contributed by atoms with Crippen LogP contribution in [0.25, 0.3) is 0 Å². The van der Waals surface area contributed by atoms with E-state index in [1.165, 1.54) is 13.8 Å². The van der Waals surface area contributed by atoms with E-state index in [1.807, 2.05) is 0 Å². The molecule has 11 nitrogen and oxygen atoms in total. The summed E-state index contributed by atoms with van der Waals surface area (Å²) in [6.45, 7) is 2.44. The van der Waals surface area contributed by atoms with Gasteiger partial charge in [-0.3, -0.25) is 18.9 Å². The summed E-state index contributed by atoms with van der Waals surface area (Å²) in [6.07, 6.45) is -1.62. The third-order valence-corrected chi connectivity index (χ3v) is 4.46. The molecule has 0 rings (SSSR count). The highest BCUT2D eigenvalue weighted by molar-refractivity contribution is 8.13. The lowest BCUT2D eigenvalue weighted by molar-refractivity contribution is -0.137. The maximum atomic E-state index is 11.9. The van der Waals surface area contributed by atoms with Crippen LogP contribution in [-0.2, 0) is 23.5 Å². The molecule has 0 saturated carbocycles. The van der Waals surface area contributed by atoms with Gasteiger partial charge in [-0.2, -0.15) is 0 Å². The monoisotopic (exact) mass is 415 g/mol. The van der Waals surface area contributed by atoms with E-state index < -0.39 is 31.9 Å². The van der Waals surface area contributed by atoms with E-state index in [1.54, 1.807) is 0 Å². The Morgan fingerprint density at radius 1 is 1.23 bits per heavy atom. The van der Waals surface area contributed by atoms with Crippen molar-refractivity contribution in [2.24, 2.45) is 11.1 Å². The minimum absolute atomic E-state index is 0.0344. The number of rotatable bonds is 12. The normalized spacial score (nSPS) is 13.2. The predicted octanol–water partition coefficient (Wildman–Crippen LogP) is -1.68. The van der Waals surface area contributed by atoms with Gasteiger partial charge in [-0.15, -0.1) is 0 Å². The first-order valence-corrected chi connectivity index (χ1v) is 10.2. The number of amides is 2. The first-order chi connectivity index (χ1) is 11.9. The summed E-state index contributed by atoms with van der Waals surface area (Å²) in [5.74, 6) is -0.744. The molecule has 1 atom stereocenters. The van der Waals surface area contributed by atoms with Crippen LogP contribution in [0.5, 0.6) is 0 Å². The van der Waals surface area contributed by atoms with E-state index in [9.17, 15) is 24.1 Å². The molecule has 7 N–H and O–H groups in total. The van der Waals surface area contributed by atoms with Crippen molar-refractivity contribution < 1.29 is 38.4 Å². The first kappa shape index (κ1) is 25.0. The molecule has 0 bridgehead atoms. The van der Waals surface area contributed by atoms with Crippen molar-refractivity contribution in [3.8, 4) is 0 Å². The van der Waals surface area contributed by atoms with Gasteiger partial charge in [-0.1, -0.05) is 25.6 Å². The number of carbonyl (C=O) groups excluding carboxylic acids is 3. The lowest BCUT2D eigenvalue weighted by Gasteiger charge is -2.29. The van der Waals surface area contributed by atoms with Crippen LogP contribution < -0.4 is 16.4 Å². The maximum absolute atomic E-state index is 11.9. The Morgan fingerprint density at radius 2 is 1.85 bits per heavy atom. The van der Waals surface area contributed by atoms with Gasteiger partial charge in [0, 0.05) is 30.7 Å². The van der Waals surface area contributed by atoms with Crippen molar-refractivity contribution in [1.29, 1.82) is 0 Å². The molecule has 0 aromatic carbocycles. The zero-order valence-corrected chi connectivity index (χ0v) is 16.3. The molecule has 0 aromatic heterocycles. The number of hydrogen-bond donors (Lipinski definition) is 6. The lowest BCUT2D eigenvalue weighted by atomic mass is 9.87. The Labute approximate surface area is 155 Å². The molecule has 0 aliphatic carbocycles. The largest absolute Gasteiger partial charge is 0.469 e. The Kier molecular flexibility index (Phi) is 11.2. The van der Waals surface area contributed by atoms with Crippen LogP contribution in [0.2, 0.25) is 0 Å². The van der Waals surface area contributed by atoms with Gasteiger partial charge < -0.3 is 31.3 Å². The number of carbonyl (C=O) groups is 3. The highest BCUT2D eigenvalue weighted by atomic mass is 32.2. The molecule has 0 fully saturated rings. The Morgan fingerprint density at radius 3 is 2.38 bits per heavy atom. The molecule has 0 spiro atoms. The summed E-state index contributed by atoms with van der Waals surface area (Å²) in [6, 6.07) is 0. The van der Waals surface area contributed by atoms with Gasteiger partial charge in [0.25, 0.3) is 0 Å². The molecular formula is C13H26N3O8PS. The molecule has 0 aliphatic heterocycles. The number of phosphoric acid groups is 1. The summed E-state index contributed by atoms with van der Waals surface area (Å²) >= 11 is 1.01. The fourth-order valence-electron chi connectivity index (χ4n) is 1.58. The molecule has 26 heavy (non-hydrogen) atoms. The van der Waals surface area contributed by atoms with Crippen LogP contribution in [0.3, 0.4) is 0 Å². The van der Waals surface area contributed by atoms with Gasteiger partial charge >= 0.3 is 7.82 Å². The predicted molar refractivity (Wildman–Crippen MR) is 94.9 cm³/mol. The molecule has 0 aromatic rings. The van der Waals surface area contributed by atoms with Crippen LogP contribution >= 0.6 is 19.6 Å². The van der Waals surface area contributed by atoms with Gasteiger partial charge in [0.2, 0.25) is 16.9 Å². The van der Waals surface area contributed by atoms with Crippen LogP contribution in [-0.4, -0.2) is 69.9 Å². The van der Waals surface area contributed by atoms with Crippen LogP contribution in [0.15, 0.2) is 0 Å². The number of hydrogen-bond acceptors (Lipinski definition) is 8. The molecular weight excluding hydrogens is 389 g/mol. The number of thioether (sulfide) groups is 1. The van der Waals surface area contributed by atoms with Crippen molar-refractivity contribution in [3.63, 3.8) is 0 Å². The molecule has 0 radical (unpaired) electrons. The highest BCUT2D eigenvalue weighted by Crippen LogP contribution is 2.38. The van der Waals surface area contributed by atoms with Crippen LogP contribution in [0.4, 0.5) is 0 Å². The fourth-order valence-corrected chi connectivity index (χ4v) is 2.63. The topological polar surface area (TPSA) is 188 Å². The number of aliphatic hydroxyl groups is 1. The average Bonchev–Trinajstić information content (AvgIpc) is 2.55. The first-order valence-electron chi connectivity index (χ1n) is 7.67. The second kappa shape index (κ2) is 11.7. The third kappa shape index (κ3) is 11.6. The third-order valence-electron chi connectivity index (χ3n) is 3.10. The minimum Gasteiger partial charge on any atom is -0.383 e. The zero-order valence-electron chi connectivity index (χ0n) is 14.6. The van der Waals surface area contributed by atoms with Crippen molar-refractivity contribution in [2.75, 3.05) is 32.0 Å². The molecule has 13 heteroatoms. The van der Waals surface area contributed by atoms with Gasteiger partial charge in [0.1, 0.15) is 6.10 Å². The van der Waals surface area contributed by atoms with Crippen molar-refractivity contribution in [1.82, 2.24) is 10.6 Å². The molecule has 0 heterocycles. The molecule has 2 amide bonds. The Bertz CT molecular complexity index is 539. The second-order valence-electron chi connectivity index (χ2n) is 5.97. The molecule has 152 valence electrons. The number of nitrogens with two attached hydrogens (primary N) is 1. The summed E-state index contributed by atoms with van der Waals surface area (Å²) in [7, 11) is -4.71. The summed E-state index contributed by atoms with van der Waals surface area (Å²) in [4.78, 5) is 51.7. The minimum atomic E-state index is -4.71. The van der Waals surface area contributed by atoms with Gasteiger partial charge in [0.15, 0.2) is 0 Å². The maximum Gasteiger partial charge on any atom is 0.469 e. The SMILES string of the molecule is CC(C)(COP(=O)(O)O)[C@H](O)C(=O)NCCC(=O)NCCSC(=O)CN. The number of phosphoric ester groups is 1. The van der Waals surface area contributed by atoms with Crippen LogP contribution in [0, 0.1) is 5.41 Å².